The summed E-state index contributed by atoms with van der Waals surface area (Å²) in [6, 6.07) is 18.4. The van der Waals surface area contributed by atoms with Crippen molar-refractivity contribution >= 4 is 38.1 Å². The van der Waals surface area contributed by atoms with Crippen molar-refractivity contribution in [2.45, 2.75) is 10.1 Å². The zero-order valence-corrected chi connectivity index (χ0v) is 17.5. The molecule has 1 heterocycles. The number of hydrogen-bond acceptors (Lipinski definition) is 8. The van der Waals surface area contributed by atoms with E-state index in [1.165, 1.54) is 30.0 Å². The van der Waals surface area contributed by atoms with Crippen molar-refractivity contribution in [1.29, 1.82) is 0 Å². The fourth-order valence-corrected chi connectivity index (χ4v) is 4.63. The topological polar surface area (TPSA) is 116 Å². The summed E-state index contributed by atoms with van der Waals surface area (Å²) in [6.07, 6.45) is 1.46. The monoisotopic (exact) mass is 453 g/mol. The van der Waals surface area contributed by atoms with Gasteiger partial charge in [-0.25, -0.2) is 8.42 Å². The van der Waals surface area contributed by atoms with Crippen molar-refractivity contribution in [2.75, 3.05) is 5.75 Å². The minimum Gasteiger partial charge on any atom is -0.411 e. The highest BCUT2D eigenvalue weighted by atomic mass is 32.2. The van der Waals surface area contributed by atoms with Crippen LogP contribution in [0.25, 0.3) is 22.2 Å². The van der Waals surface area contributed by atoms with Crippen molar-refractivity contribution in [3.63, 3.8) is 0 Å². The third-order valence-corrected chi connectivity index (χ3v) is 6.63. The highest BCUT2D eigenvalue weighted by Gasteiger charge is 2.14. The Kier molecular flexibility index (Phi) is 5.83. The molecule has 0 atom stereocenters. The van der Waals surface area contributed by atoms with E-state index in [0.29, 0.717) is 16.9 Å². The average molecular weight is 454 g/mol. The van der Waals surface area contributed by atoms with Gasteiger partial charge in [0.1, 0.15) is 0 Å². The Bertz CT molecular complexity index is 1370. The fourth-order valence-electron chi connectivity index (χ4n) is 2.91. The van der Waals surface area contributed by atoms with Gasteiger partial charge in [0.25, 0.3) is 10.9 Å². The Morgan fingerprint density at radius 3 is 2.52 bits per heavy atom. The van der Waals surface area contributed by atoms with Gasteiger partial charge in [-0.15, -0.1) is 10.2 Å². The number of hydrogen-bond donors (Lipinski definition) is 0. The molecule has 0 spiro atoms. The normalized spacial score (nSPS) is 11.9. The summed E-state index contributed by atoms with van der Waals surface area (Å²) in [5.41, 5.74) is 0.658. The summed E-state index contributed by atoms with van der Waals surface area (Å²) >= 11 is 1.20. The van der Waals surface area contributed by atoms with E-state index in [4.69, 9.17) is 4.42 Å². The second-order valence-electron chi connectivity index (χ2n) is 6.38. The zero-order chi connectivity index (χ0) is 21.8. The van der Waals surface area contributed by atoms with E-state index < -0.39 is 14.8 Å². The van der Waals surface area contributed by atoms with Gasteiger partial charge in [0, 0.05) is 28.9 Å². The van der Waals surface area contributed by atoms with Crippen LogP contribution in [0.2, 0.25) is 0 Å². The maximum Gasteiger partial charge on any atom is 0.277 e. The van der Waals surface area contributed by atoms with Crippen molar-refractivity contribution in [3.8, 4) is 11.5 Å². The van der Waals surface area contributed by atoms with Gasteiger partial charge in [-0.1, -0.05) is 54.2 Å². The molecule has 0 radical (unpaired) electrons. The number of non-ortho nitro benzene ring substituents is 1. The molecule has 0 saturated heterocycles. The molecule has 8 nitrogen and oxygen atoms in total. The minimum atomic E-state index is -3.70. The Hall–Kier alpha value is -3.50. The third-order valence-electron chi connectivity index (χ3n) is 4.38. The third kappa shape index (κ3) is 4.65. The lowest BCUT2D eigenvalue weighted by atomic mass is 10.0. The molecule has 0 amide bonds. The second kappa shape index (κ2) is 8.70. The standard InChI is InChI=1S/C21H15N3O5S2/c25-24(26)16-9-11-17(12-10-16)31(27,28)14-4-13-30-21-23-22-20(29-21)19-8-3-6-15-5-1-2-7-18(15)19/h1-12,14H,13H2. The molecule has 4 rings (SSSR count). The van der Waals surface area contributed by atoms with Crippen molar-refractivity contribution in [2.24, 2.45) is 0 Å². The molecule has 0 unspecified atom stereocenters. The quantitative estimate of drug-likeness (QED) is 0.221. The Labute approximate surface area is 181 Å². The molecule has 0 aliphatic rings. The number of rotatable bonds is 7. The van der Waals surface area contributed by atoms with E-state index in [-0.39, 0.29) is 10.6 Å². The Morgan fingerprint density at radius 1 is 1.00 bits per heavy atom. The van der Waals surface area contributed by atoms with Crippen molar-refractivity contribution in [1.82, 2.24) is 10.2 Å². The molecule has 156 valence electrons. The van der Waals surface area contributed by atoms with Gasteiger partial charge in [-0.3, -0.25) is 10.1 Å². The molecule has 4 aromatic rings. The van der Waals surface area contributed by atoms with E-state index >= 15 is 0 Å². The molecule has 1 aromatic heterocycles. The number of benzene rings is 3. The van der Waals surface area contributed by atoms with Crippen LogP contribution in [-0.2, 0) is 9.84 Å². The molecular formula is C21H15N3O5S2. The first kappa shape index (κ1) is 20.8. The largest absolute Gasteiger partial charge is 0.411 e. The summed E-state index contributed by atoms with van der Waals surface area (Å²) in [4.78, 5) is 10.1. The van der Waals surface area contributed by atoms with E-state index in [2.05, 4.69) is 10.2 Å². The van der Waals surface area contributed by atoms with Crippen LogP contribution in [0.3, 0.4) is 0 Å². The summed E-state index contributed by atoms with van der Waals surface area (Å²) in [5.74, 6) is 0.686. The lowest BCUT2D eigenvalue weighted by molar-refractivity contribution is -0.384. The van der Waals surface area contributed by atoms with E-state index in [1.807, 2.05) is 42.5 Å². The number of aromatic nitrogens is 2. The fraction of sp³-hybridized carbons (Fsp3) is 0.0476. The first-order valence-corrected chi connectivity index (χ1v) is 11.6. The van der Waals surface area contributed by atoms with Gasteiger partial charge in [0.2, 0.25) is 5.89 Å². The molecular weight excluding hydrogens is 438 g/mol. The minimum absolute atomic E-state index is 0.0182. The maximum atomic E-state index is 12.3. The molecule has 3 aromatic carbocycles. The van der Waals surface area contributed by atoms with Gasteiger partial charge in [-0.2, -0.15) is 0 Å². The number of nitro benzene ring substituents is 1. The lowest BCUT2D eigenvalue weighted by Crippen LogP contribution is -1.97. The molecule has 31 heavy (non-hydrogen) atoms. The molecule has 0 aliphatic heterocycles. The molecule has 0 bridgehead atoms. The van der Waals surface area contributed by atoms with Crippen LogP contribution in [0.1, 0.15) is 0 Å². The van der Waals surface area contributed by atoms with Crippen LogP contribution in [0.15, 0.2) is 92.7 Å². The molecule has 0 N–H and O–H groups in total. The number of sulfone groups is 1. The van der Waals surface area contributed by atoms with E-state index in [0.717, 1.165) is 33.9 Å². The highest BCUT2D eigenvalue weighted by molar-refractivity contribution is 7.99. The maximum absolute atomic E-state index is 12.3. The van der Waals surface area contributed by atoms with Gasteiger partial charge in [0.15, 0.2) is 9.84 Å². The molecule has 10 heteroatoms. The predicted octanol–water partition coefficient (Wildman–Crippen LogP) is 4.88. The summed E-state index contributed by atoms with van der Waals surface area (Å²) in [7, 11) is -3.70. The van der Waals surface area contributed by atoms with Crippen LogP contribution >= 0.6 is 11.8 Å². The number of thioether (sulfide) groups is 1. The van der Waals surface area contributed by atoms with Crippen LogP contribution in [-0.4, -0.2) is 29.3 Å². The van der Waals surface area contributed by atoms with Gasteiger partial charge < -0.3 is 4.42 Å². The summed E-state index contributed by atoms with van der Waals surface area (Å²) < 4.78 is 30.4. The average Bonchev–Trinajstić information content (AvgIpc) is 3.25. The SMILES string of the molecule is O=[N+]([O-])c1ccc(S(=O)(=O)C=CCSc2nnc(-c3cccc4ccccc34)o2)cc1. The zero-order valence-electron chi connectivity index (χ0n) is 15.9. The smallest absolute Gasteiger partial charge is 0.277 e. The van der Waals surface area contributed by atoms with Crippen LogP contribution < -0.4 is 0 Å². The molecule has 0 saturated carbocycles. The molecule has 0 aliphatic carbocycles. The number of fused-ring (bicyclic) bond motifs is 1. The first-order chi connectivity index (χ1) is 14.9. The van der Waals surface area contributed by atoms with Crippen LogP contribution in [0.5, 0.6) is 0 Å². The van der Waals surface area contributed by atoms with Gasteiger partial charge in [-0.05, 0) is 29.0 Å². The molecule has 0 fully saturated rings. The number of nitrogens with zero attached hydrogens (tertiary/aromatic N) is 3. The summed E-state index contributed by atoms with van der Waals surface area (Å²) in [6.45, 7) is 0. The van der Waals surface area contributed by atoms with Gasteiger partial charge in [0.05, 0.1) is 9.82 Å². The first-order valence-electron chi connectivity index (χ1n) is 9.04. The second-order valence-corrected chi connectivity index (χ2v) is 9.18. The van der Waals surface area contributed by atoms with E-state index in [9.17, 15) is 18.5 Å². The predicted molar refractivity (Wildman–Crippen MR) is 117 cm³/mol. The van der Waals surface area contributed by atoms with Crippen LogP contribution in [0, 0.1) is 10.1 Å². The van der Waals surface area contributed by atoms with Crippen molar-refractivity contribution < 1.29 is 17.8 Å². The highest BCUT2D eigenvalue weighted by Crippen LogP contribution is 2.29. The van der Waals surface area contributed by atoms with Gasteiger partial charge >= 0.3 is 0 Å². The van der Waals surface area contributed by atoms with Crippen molar-refractivity contribution in [3.05, 3.63) is 88.3 Å². The Balaban J connectivity index is 1.43. The summed E-state index contributed by atoms with van der Waals surface area (Å²) in [5, 5.41) is 22.2. The Morgan fingerprint density at radius 2 is 1.74 bits per heavy atom. The van der Waals surface area contributed by atoms with E-state index in [1.54, 1.807) is 0 Å². The number of nitro groups is 1. The lowest BCUT2D eigenvalue weighted by Gasteiger charge is -2.01. The van der Waals surface area contributed by atoms with Crippen LogP contribution in [0.4, 0.5) is 5.69 Å².